The van der Waals surface area contributed by atoms with Crippen molar-refractivity contribution in [1.82, 2.24) is 0 Å². The topological polar surface area (TPSA) is 9.23 Å². The van der Waals surface area contributed by atoms with Gasteiger partial charge in [-0.25, -0.2) is 0 Å². The molecule has 0 aliphatic carbocycles. The van der Waals surface area contributed by atoms with E-state index in [1.807, 2.05) is 25.1 Å². The molecule has 0 N–H and O–H groups in total. The molecule has 0 spiro atoms. The van der Waals surface area contributed by atoms with Crippen molar-refractivity contribution in [1.29, 1.82) is 0 Å². The lowest BCUT2D eigenvalue weighted by Gasteiger charge is -2.15. The van der Waals surface area contributed by atoms with E-state index in [1.165, 1.54) is 5.56 Å². The van der Waals surface area contributed by atoms with Crippen molar-refractivity contribution < 1.29 is 17.9 Å². The van der Waals surface area contributed by atoms with Gasteiger partial charge in [0.2, 0.25) is 0 Å². The Hall–Kier alpha value is -0.740. The summed E-state index contributed by atoms with van der Waals surface area (Å²) >= 11 is 5.85. The van der Waals surface area contributed by atoms with E-state index in [1.54, 1.807) is 0 Å². The van der Waals surface area contributed by atoms with Gasteiger partial charge in [0, 0.05) is 12.5 Å². The highest BCUT2D eigenvalue weighted by Gasteiger charge is 2.27. The minimum atomic E-state index is -4.26. The van der Waals surface area contributed by atoms with Crippen LogP contribution in [0.15, 0.2) is 24.3 Å². The fourth-order valence-corrected chi connectivity index (χ4v) is 2.11. The van der Waals surface area contributed by atoms with Gasteiger partial charge in [-0.15, -0.1) is 11.6 Å². The molecule has 0 fully saturated rings. The molecular formula is C14H18ClF3O. The molecule has 1 aromatic carbocycles. The summed E-state index contributed by atoms with van der Waals surface area (Å²) in [6.07, 6.45) is -2.96. The summed E-state index contributed by atoms with van der Waals surface area (Å²) in [5.41, 5.74) is 2.32. The number of aryl methyl sites for hydroxylation is 1. The Morgan fingerprint density at radius 3 is 2.63 bits per heavy atom. The van der Waals surface area contributed by atoms with E-state index < -0.39 is 12.8 Å². The molecular weight excluding hydrogens is 277 g/mol. The van der Waals surface area contributed by atoms with Crippen LogP contribution in [0, 0.1) is 12.8 Å². The predicted molar refractivity (Wildman–Crippen MR) is 70.6 cm³/mol. The molecule has 0 radical (unpaired) electrons. The maximum absolute atomic E-state index is 11.9. The van der Waals surface area contributed by atoms with Crippen LogP contribution >= 0.6 is 11.6 Å². The van der Waals surface area contributed by atoms with Crippen molar-refractivity contribution in [3.63, 3.8) is 0 Å². The minimum Gasteiger partial charge on any atom is -0.372 e. The fraction of sp³-hybridized carbons (Fsp3) is 0.571. The number of hydrogen-bond donors (Lipinski definition) is 0. The van der Waals surface area contributed by atoms with Crippen LogP contribution < -0.4 is 0 Å². The van der Waals surface area contributed by atoms with E-state index in [2.05, 4.69) is 10.8 Å². The Bertz CT molecular complexity index is 379. The van der Waals surface area contributed by atoms with E-state index in [9.17, 15) is 13.2 Å². The zero-order chi connectivity index (χ0) is 14.3. The number of alkyl halides is 4. The van der Waals surface area contributed by atoms with Crippen LogP contribution in [-0.4, -0.2) is 25.3 Å². The molecule has 1 aromatic rings. The smallest absolute Gasteiger partial charge is 0.372 e. The Labute approximate surface area is 116 Å². The van der Waals surface area contributed by atoms with Gasteiger partial charge in [0.1, 0.15) is 6.61 Å². The van der Waals surface area contributed by atoms with E-state index in [4.69, 9.17) is 11.6 Å². The number of rotatable bonds is 7. The zero-order valence-corrected chi connectivity index (χ0v) is 11.6. The van der Waals surface area contributed by atoms with Gasteiger partial charge in [0.25, 0.3) is 0 Å². The second-order valence-corrected chi connectivity index (χ2v) is 4.98. The van der Waals surface area contributed by atoms with Gasteiger partial charge < -0.3 is 4.74 Å². The average Bonchev–Trinajstić information content (AvgIpc) is 2.32. The second-order valence-electron chi connectivity index (χ2n) is 4.67. The number of benzene rings is 1. The van der Waals surface area contributed by atoms with Gasteiger partial charge in [-0.3, -0.25) is 0 Å². The fourth-order valence-electron chi connectivity index (χ4n) is 1.84. The maximum Gasteiger partial charge on any atom is 0.411 e. The molecule has 5 heteroatoms. The molecule has 1 rings (SSSR count). The summed E-state index contributed by atoms with van der Waals surface area (Å²) in [5, 5.41) is 0. The van der Waals surface area contributed by atoms with Crippen molar-refractivity contribution in [2.45, 2.75) is 25.9 Å². The summed E-state index contributed by atoms with van der Waals surface area (Å²) in [4.78, 5) is 0. The van der Waals surface area contributed by atoms with Crippen LogP contribution in [-0.2, 0) is 11.2 Å². The van der Waals surface area contributed by atoms with Crippen LogP contribution in [0.5, 0.6) is 0 Å². The van der Waals surface area contributed by atoms with Gasteiger partial charge in [-0.2, -0.15) is 13.2 Å². The molecule has 108 valence electrons. The first-order valence-corrected chi connectivity index (χ1v) is 6.70. The van der Waals surface area contributed by atoms with Crippen molar-refractivity contribution in [3.8, 4) is 0 Å². The molecule has 19 heavy (non-hydrogen) atoms. The molecule has 0 aromatic heterocycles. The highest BCUT2D eigenvalue weighted by Crippen LogP contribution is 2.17. The van der Waals surface area contributed by atoms with Crippen LogP contribution in [0.3, 0.4) is 0 Å². The highest BCUT2D eigenvalue weighted by molar-refractivity contribution is 6.18. The lowest BCUT2D eigenvalue weighted by molar-refractivity contribution is -0.174. The quantitative estimate of drug-likeness (QED) is 0.536. The molecule has 0 aliphatic rings. The molecule has 0 bridgehead atoms. The largest absolute Gasteiger partial charge is 0.411 e. The summed E-state index contributed by atoms with van der Waals surface area (Å²) in [5.74, 6) is 0.556. The molecule has 1 unspecified atom stereocenters. The lowest BCUT2D eigenvalue weighted by atomic mass is 9.97. The second kappa shape index (κ2) is 7.75. The maximum atomic E-state index is 11.9. The number of ether oxygens (including phenoxy) is 1. The summed E-state index contributed by atoms with van der Waals surface area (Å²) < 4.78 is 40.3. The summed E-state index contributed by atoms with van der Waals surface area (Å²) in [6, 6.07) is 8.04. The normalized spacial score (nSPS) is 13.5. The van der Waals surface area contributed by atoms with Crippen LogP contribution in [0.25, 0.3) is 0 Å². The van der Waals surface area contributed by atoms with Gasteiger partial charge in [0.05, 0.1) is 0 Å². The highest BCUT2D eigenvalue weighted by atomic mass is 35.5. The molecule has 1 nitrogen and oxygen atoms in total. The Kier molecular flexibility index (Phi) is 6.66. The first-order valence-electron chi connectivity index (χ1n) is 6.16. The van der Waals surface area contributed by atoms with Gasteiger partial charge in [0.15, 0.2) is 0 Å². The van der Waals surface area contributed by atoms with Gasteiger partial charge in [-0.05, 0) is 31.2 Å². The zero-order valence-electron chi connectivity index (χ0n) is 10.8. The van der Waals surface area contributed by atoms with Crippen LogP contribution in [0.1, 0.15) is 17.5 Å². The summed E-state index contributed by atoms with van der Waals surface area (Å²) in [6.45, 7) is 0.904. The minimum absolute atomic E-state index is 0.0860. The third-order valence-corrected chi connectivity index (χ3v) is 3.20. The standard InChI is InChI=1S/C14H18ClF3O/c1-11-3-2-4-12(7-11)8-13(9-15)5-6-19-10-14(16,17)18/h2-4,7,13H,5-6,8-10H2,1H3. The SMILES string of the molecule is Cc1cccc(CC(CCl)CCOCC(F)(F)F)c1. The van der Waals surface area contributed by atoms with E-state index in [-0.39, 0.29) is 12.5 Å². The van der Waals surface area contributed by atoms with E-state index in [0.29, 0.717) is 12.3 Å². The monoisotopic (exact) mass is 294 g/mol. The third-order valence-electron chi connectivity index (χ3n) is 2.76. The van der Waals surface area contributed by atoms with Gasteiger partial charge in [-0.1, -0.05) is 29.8 Å². The summed E-state index contributed by atoms with van der Waals surface area (Å²) in [7, 11) is 0. The average molecular weight is 295 g/mol. The molecule has 0 saturated heterocycles. The van der Waals surface area contributed by atoms with E-state index >= 15 is 0 Å². The van der Waals surface area contributed by atoms with E-state index in [0.717, 1.165) is 12.0 Å². The third kappa shape index (κ3) is 7.43. The Morgan fingerprint density at radius 2 is 2.05 bits per heavy atom. The molecule has 0 aliphatic heterocycles. The molecule has 0 heterocycles. The lowest BCUT2D eigenvalue weighted by Crippen LogP contribution is -2.19. The van der Waals surface area contributed by atoms with Crippen molar-refractivity contribution in [2.75, 3.05) is 19.1 Å². The predicted octanol–water partition coefficient (Wildman–Crippen LogP) is 4.36. The first-order chi connectivity index (χ1) is 8.90. The molecule has 1 atom stereocenters. The molecule has 0 amide bonds. The van der Waals surface area contributed by atoms with Crippen molar-refractivity contribution in [3.05, 3.63) is 35.4 Å². The van der Waals surface area contributed by atoms with Crippen molar-refractivity contribution in [2.24, 2.45) is 5.92 Å². The molecule has 0 saturated carbocycles. The number of halogens is 4. The Morgan fingerprint density at radius 1 is 1.32 bits per heavy atom. The van der Waals surface area contributed by atoms with Crippen molar-refractivity contribution >= 4 is 11.6 Å². The Balaban J connectivity index is 2.34. The number of hydrogen-bond acceptors (Lipinski definition) is 1. The first kappa shape index (κ1) is 16.3. The van der Waals surface area contributed by atoms with Crippen LogP contribution in [0.4, 0.5) is 13.2 Å². The van der Waals surface area contributed by atoms with Gasteiger partial charge >= 0.3 is 6.18 Å². The van der Waals surface area contributed by atoms with Crippen LogP contribution in [0.2, 0.25) is 0 Å².